The topological polar surface area (TPSA) is 63.4 Å². The standard InChI is InChI=1S/C11H14ClFN2O2S.ClH/c1-7-4-11(9(12)5-10(7)13)18(16,17)15-3-2-8(14)6-15;/h4-5,8H,2-3,6,14H2,1H3;1H. The first-order valence-corrected chi connectivity index (χ1v) is 7.35. The van der Waals surface area contributed by atoms with E-state index in [1.54, 1.807) is 0 Å². The van der Waals surface area contributed by atoms with Gasteiger partial charge in [0.05, 0.1) is 5.02 Å². The summed E-state index contributed by atoms with van der Waals surface area (Å²) in [6, 6.07) is 2.14. The van der Waals surface area contributed by atoms with E-state index in [4.69, 9.17) is 17.3 Å². The highest BCUT2D eigenvalue weighted by atomic mass is 35.5. The summed E-state index contributed by atoms with van der Waals surface area (Å²) in [5.74, 6) is -0.517. The van der Waals surface area contributed by atoms with Gasteiger partial charge in [-0.15, -0.1) is 12.4 Å². The van der Waals surface area contributed by atoms with E-state index in [1.807, 2.05) is 0 Å². The number of halogens is 3. The zero-order valence-corrected chi connectivity index (χ0v) is 12.7. The number of rotatable bonds is 2. The molecule has 0 radical (unpaired) electrons. The van der Waals surface area contributed by atoms with Gasteiger partial charge in [-0.05, 0) is 31.0 Å². The summed E-state index contributed by atoms with van der Waals surface area (Å²) in [7, 11) is -3.69. The minimum Gasteiger partial charge on any atom is -0.326 e. The lowest BCUT2D eigenvalue weighted by atomic mass is 10.2. The Morgan fingerprint density at radius 1 is 1.47 bits per heavy atom. The van der Waals surface area contributed by atoms with Gasteiger partial charge in [0.1, 0.15) is 10.7 Å². The molecular formula is C11H15Cl2FN2O2S. The lowest BCUT2D eigenvalue weighted by molar-refractivity contribution is 0.472. The fourth-order valence-electron chi connectivity index (χ4n) is 1.94. The summed E-state index contributed by atoms with van der Waals surface area (Å²) < 4.78 is 39.2. The predicted molar refractivity (Wildman–Crippen MR) is 74.7 cm³/mol. The van der Waals surface area contributed by atoms with Crippen LogP contribution in [0, 0.1) is 12.7 Å². The molecule has 0 aliphatic carbocycles. The lowest BCUT2D eigenvalue weighted by Gasteiger charge is -2.17. The minimum absolute atomic E-state index is 0. The number of nitrogens with two attached hydrogens (primary N) is 1. The van der Waals surface area contributed by atoms with Crippen LogP contribution in [0.1, 0.15) is 12.0 Å². The molecule has 1 atom stereocenters. The average Bonchev–Trinajstić information content (AvgIpc) is 2.70. The smallest absolute Gasteiger partial charge is 0.244 e. The van der Waals surface area contributed by atoms with E-state index in [9.17, 15) is 12.8 Å². The molecule has 0 aromatic heterocycles. The van der Waals surface area contributed by atoms with Crippen LogP contribution >= 0.6 is 24.0 Å². The fourth-order valence-corrected chi connectivity index (χ4v) is 4.03. The summed E-state index contributed by atoms with van der Waals surface area (Å²) in [5, 5.41) is -0.0985. The van der Waals surface area contributed by atoms with Crippen LogP contribution in [-0.4, -0.2) is 31.9 Å². The molecule has 1 aromatic rings. The molecule has 0 saturated carbocycles. The largest absolute Gasteiger partial charge is 0.326 e. The molecule has 8 heteroatoms. The molecule has 0 amide bonds. The predicted octanol–water partition coefficient (Wildman–Crippen LogP) is 1.93. The van der Waals surface area contributed by atoms with Gasteiger partial charge in [-0.1, -0.05) is 11.6 Å². The molecule has 1 aliphatic rings. The fraction of sp³-hybridized carbons (Fsp3) is 0.455. The maximum absolute atomic E-state index is 13.3. The number of sulfonamides is 1. The van der Waals surface area contributed by atoms with Crippen LogP contribution < -0.4 is 5.73 Å². The highest BCUT2D eigenvalue weighted by Crippen LogP contribution is 2.29. The van der Waals surface area contributed by atoms with Gasteiger partial charge >= 0.3 is 0 Å². The van der Waals surface area contributed by atoms with E-state index in [-0.39, 0.29) is 40.5 Å². The van der Waals surface area contributed by atoms with Gasteiger partial charge in [0.25, 0.3) is 0 Å². The molecule has 19 heavy (non-hydrogen) atoms. The van der Waals surface area contributed by atoms with Gasteiger partial charge in [0, 0.05) is 19.1 Å². The second-order valence-electron chi connectivity index (χ2n) is 4.44. The Hall–Kier alpha value is -0.400. The van der Waals surface area contributed by atoms with Crippen molar-refractivity contribution in [1.29, 1.82) is 0 Å². The molecular weight excluding hydrogens is 314 g/mol. The van der Waals surface area contributed by atoms with E-state index in [0.717, 1.165) is 6.07 Å². The van der Waals surface area contributed by atoms with Gasteiger partial charge in [0.15, 0.2) is 0 Å². The Balaban J connectivity index is 0.00000180. The molecule has 1 aliphatic heterocycles. The third kappa shape index (κ3) is 3.20. The molecule has 0 spiro atoms. The summed E-state index contributed by atoms with van der Waals surface area (Å²) in [6.45, 7) is 2.14. The van der Waals surface area contributed by atoms with Gasteiger partial charge < -0.3 is 5.73 Å². The van der Waals surface area contributed by atoms with Crippen molar-refractivity contribution in [2.24, 2.45) is 5.73 Å². The molecule has 2 N–H and O–H groups in total. The van der Waals surface area contributed by atoms with E-state index < -0.39 is 15.8 Å². The molecule has 108 valence electrons. The van der Waals surface area contributed by atoms with Crippen LogP contribution in [0.4, 0.5) is 4.39 Å². The van der Waals surface area contributed by atoms with Gasteiger partial charge in [-0.25, -0.2) is 12.8 Å². The van der Waals surface area contributed by atoms with E-state index in [0.29, 0.717) is 13.0 Å². The Labute approximate surface area is 123 Å². The molecule has 0 bridgehead atoms. The molecule has 4 nitrogen and oxygen atoms in total. The SMILES string of the molecule is Cc1cc(S(=O)(=O)N2CCC(N)C2)c(Cl)cc1F.Cl. The Morgan fingerprint density at radius 3 is 2.63 bits per heavy atom. The van der Waals surface area contributed by atoms with Crippen molar-refractivity contribution in [2.45, 2.75) is 24.3 Å². The van der Waals surface area contributed by atoms with Crippen LogP contribution in [0.5, 0.6) is 0 Å². The zero-order chi connectivity index (χ0) is 13.5. The summed E-state index contributed by atoms with van der Waals surface area (Å²) in [5.41, 5.74) is 5.94. The first kappa shape index (κ1) is 16.7. The van der Waals surface area contributed by atoms with Crippen molar-refractivity contribution in [3.05, 3.63) is 28.5 Å². The highest BCUT2D eigenvalue weighted by molar-refractivity contribution is 7.89. The van der Waals surface area contributed by atoms with E-state index in [2.05, 4.69) is 0 Å². The normalized spacial score (nSPS) is 20.3. The monoisotopic (exact) mass is 328 g/mol. The quantitative estimate of drug-likeness (QED) is 0.902. The number of nitrogens with zero attached hydrogens (tertiary/aromatic N) is 1. The number of hydrogen-bond acceptors (Lipinski definition) is 3. The van der Waals surface area contributed by atoms with E-state index >= 15 is 0 Å². The van der Waals surface area contributed by atoms with Crippen LogP contribution in [0.25, 0.3) is 0 Å². The Bertz CT molecular complexity index is 580. The van der Waals surface area contributed by atoms with Gasteiger partial charge in [0.2, 0.25) is 10.0 Å². The maximum Gasteiger partial charge on any atom is 0.244 e. The second kappa shape index (κ2) is 5.93. The van der Waals surface area contributed by atoms with Gasteiger partial charge in [-0.3, -0.25) is 0 Å². The third-order valence-electron chi connectivity index (χ3n) is 3.02. The lowest BCUT2D eigenvalue weighted by Crippen LogP contribution is -2.32. The minimum atomic E-state index is -3.69. The highest BCUT2D eigenvalue weighted by Gasteiger charge is 2.32. The van der Waals surface area contributed by atoms with Crippen molar-refractivity contribution >= 4 is 34.0 Å². The van der Waals surface area contributed by atoms with Crippen molar-refractivity contribution in [3.8, 4) is 0 Å². The van der Waals surface area contributed by atoms with E-state index in [1.165, 1.54) is 17.3 Å². The average molecular weight is 329 g/mol. The van der Waals surface area contributed by atoms with Crippen LogP contribution in [0.15, 0.2) is 17.0 Å². The zero-order valence-electron chi connectivity index (χ0n) is 10.3. The molecule has 1 saturated heterocycles. The van der Waals surface area contributed by atoms with Crippen LogP contribution in [-0.2, 0) is 10.0 Å². The molecule has 1 heterocycles. The van der Waals surface area contributed by atoms with Crippen molar-refractivity contribution < 1.29 is 12.8 Å². The maximum atomic E-state index is 13.3. The number of aryl methyl sites for hydroxylation is 1. The van der Waals surface area contributed by atoms with Crippen molar-refractivity contribution in [1.82, 2.24) is 4.31 Å². The molecule has 1 aromatic carbocycles. The summed E-state index contributed by atoms with van der Waals surface area (Å²) in [6.07, 6.45) is 0.622. The Morgan fingerprint density at radius 2 is 2.11 bits per heavy atom. The van der Waals surface area contributed by atoms with Gasteiger partial charge in [-0.2, -0.15) is 4.31 Å². The van der Waals surface area contributed by atoms with Crippen molar-refractivity contribution in [3.63, 3.8) is 0 Å². The van der Waals surface area contributed by atoms with Crippen molar-refractivity contribution in [2.75, 3.05) is 13.1 Å². The first-order valence-electron chi connectivity index (χ1n) is 5.53. The second-order valence-corrected chi connectivity index (χ2v) is 6.76. The summed E-state index contributed by atoms with van der Waals surface area (Å²) >= 11 is 5.82. The van der Waals surface area contributed by atoms with Crippen LogP contribution in [0.2, 0.25) is 5.02 Å². The van der Waals surface area contributed by atoms with Crippen LogP contribution in [0.3, 0.4) is 0 Å². The first-order chi connectivity index (χ1) is 8.32. The molecule has 1 fully saturated rings. The molecule has 1 unspecified atom stereocenters. The number of benzene rings is 1. The number of hydrogen-bond donors (Lipinski definition) is 1. The summed E-state index contributed by atoms with van der Waals surface area (Å²) in [4.78, 5) is -0.0582. The molecule has 2 rings (SSSR count). The Kier molecular flexibility index (Phi) is 5.20. The third-order valence-corrected chi connectivity index (χ3v) is 5.35.